The number of carbonyl (C=O) groups is 1. The van der Waals surface area contributed by atoms with E-state index >= 15 is 0 Å². The molecule has 1 amide bonds. The highest BCUT2D eigenvalue weighted by Gasteiger charge is 2.30. The number of likely N-dealkylation sites (N-methyl/N-ethyl adjacent to an activating group) is 1. The third-order valence-electron chi connectivity index (χ3n) is 4.92. The smallest absolute Gasteiger partial charge is 0.384 e. The Morgan fingerprint density at radius 1 is 1.07 bits per heavy atom. The van der Waals surface area contributed by atoms with Gasteiger partial charge in [-0.3, -0.25) is 4.79 Å². The van der Waals surface area contributed by atoms with Gasteiger partial charge in [0, 0.05) is 44.0 Å². The lowest BCUT2D eigenvalue weighted by atomic mass is 10.1. The third-order valence-corrected chi connectivity index (χ3v) is 4.92. The molecule has 0 saturated carbocycles. The van der Waals surface area contributed by atoms with Gasteiger partial charge in [-0.15, -0.1) is 0 Å². The molecule has 8 heteroatoms. The summed E-state index contributed by atoms with van der Waals surface area (Å²) < 4.78 is 38.6. The zero-order valence-electron chi connectivity index (χ0n) is 16.5. The molecule has 29 heavy (non-hydrogen) atoms. The maximum Gasteiger partial charge on any atom is 0.416 e. The summed E-state index contributed by atoms with van der Waals surface area (Å²) in [7, 11) is 2.09. The third kappa shape index (κ3) is 5.20. The van der Waals surface area contributed by atoms with Crippen molar-refractivity contribution in [3.8, 4) is 0 Å². The zero-order chi connectivity index (χ0) is 21.0. The number of amides is 1. The quantitative estimate of drug-likeness (QED) is 0.784. The summed E-state index contributed by atoms with van der Waals surface area (Å²) in [5.74, 6) is -0.451. The van der Waals surface area contributed by atoms with Crippen molar-refractivity contribution in [2.45, 2.75) is 13.1 Å². The first-order valence-corrected chi connectivity index (χ1v) is 9.58. The van der Waals surface area contributed by atoms with E-state index in [9.17, 15) is 18.0 Å². The van der Waals surface area contributed by atoms with Gasteiger partial charge in [-0.1, -0.05) is 6.07 Å². The molecular formula is C21H25F3N4O. The average molecular weight is 406 g/mol. The van der Waals surface area contributed by atoms with Gasteiger partial charge >= 0.3 is 6.18 Å². The minimum absolute atomic E-state index is 0.109. The lowest BCUT2D eigenvalue weighted by Gasteiger charge is -2.35. The Hall–Kier alpha value is -2.74. The first-order chi connectivity index (χ1) is 13.8. The van der Waals surface area contributed by atoms with Gasteiger partial charge in [-0.2, -0.15) is 13.2 Å². The number of benzene rings is 2. The van der Waals surface area contributed by atoms with E-state index in [2.05, 4.69) is 27.5 Å². The molecule has 0 bridgehead atoms. The van der Waals surface area contributed by atoms with Crippen LogP contribution in [0.1, 0.15) is 22.8 Å². The van der Waals surface area contributed by atoms with Crippen molar-refractivity contribution in [3.05, 3.63) is 53.6 Å². The van der Waals surface area contributed by atoms with Crippen LogP contribution in [0.25, 0.3) is 0 Å². The summed E-state index contributed by atoms with van der Waals surface area (Å²) >= 11 is 0. The van der Waals surface area contributed by atoms with Crippen molar-refractivity contribution in [1.29, 1.82) is 0 Å². The molecule has 0 unspecified atom stereocenters. The predicted molar refractivity (Wildman–Crippen MR) is 110 cm³/mol. The Morgan fingerprint density at radius 3 is 2.45 bits per heavy atom. The molecule has 1 fully saturated rings. The maximum absolute atomic E-state index is 12.9. The van der Waals surface area contributed by atoms with Gasteiger partial charge in [0.15, 0.2) is 0 Å². The van der Waals surface area contributed by atoms with E-state index in [0.29, 0.717) is 12.1 Å². The second kappa shape index (κ2) is 8.73. The van der Waals surface area contributed by atoms with E-state index in [1.54, 1.807) is 12.1 Å². The van der Waals surface area contributed by atoms with Gasteiger partial charge in [0.05, 0.1) is 16.9 Å². The molecule has 0 spiro atoms. The van der Waals surface area contributed by atoms with Gasteiger partial charge in [0.25, 0.3) is 5.91 Å². The Balaban J connectivity index is 1.80. The van der Waals surface area contributed by atoms with Crippen LogP contribution in [0.3, 0.4) is 0 Å². The molecule has 3 rings (SSSR count). The van der Waals surface area contributed by atoms with Crippen molar-refractivity contribution in [2.75, 3.05) is 55.3 Å². The summed E-state index contributed by atoms with van der Waals surface area (Å²) in [4.78, 5) is 17.2. The highest BCUT2D eigenvalue weighted by molar-refractivity contribution is 6.05. The van der Waals surface area contributed by atoms with E-state index in [1.807, 2.05) is 13.0 Å². The van der Waals surface area contributed by atoms with Gasteiger partial charge in [0.2, 0.25) is 0 Å². The van der Waals surface area contributed by atoms with E-state index in [0.717, 1.165) is 49.7 Å². The molecule has 5 nitrogen and oxygen atoms in total. The SMILES string of the molecule is CCNc1cc(C(=O)Nc2cccc(C(F)(F)F)c2)ccc1N1CCN(C)CC1. The second-order valence-electron chi connectivity index (χ2n) is 7.09. The van der Waals surface area contributed by atoms with E-state index in [4.69, 9.17) is 0 Å². The van der Waals surface area contributed by atoms with Crippen LogP contribution in [-0.2, 0) is 6.18 Å². The molecule has 0 atom stereocenters. The van der Waals surface area contributed by atoms with Crippen molar-refractivity contribution >= 4 is 23.0 Å². The normalized spacial score (nSPS) is 15.3. The second-order valence-corrected chi connectivity index (χ2v) is 7.09. The largest absolute Gasteiger partial charge is 0.416 e. The van der Waals surface area contributed by atoms with Crippen molar-refractivity contribution in [3.63, 3.8) is 0 Å². The standard InChI is InChI=1S/C21H25F3N4O/c1-3-25-18-13-15(7-8-19(18)28-11-9-27(2)10-12-28)20(29)26-17-6-4-5-16(14-17)21(22,23)24/h4-8,13-14,25H,3,9-12H2,1-2H3,(H,26,29). The lowest BCUT2D eigenvalue weighted by molar-refractivity contribution is -0.137. The minimum atomic E-state index is -4.46. The fourth-order valence-electron chi connectivity index (χ4n) is 3.31. The van der Waals surface area contributed by atoms with Crippen molar-refractivity contribution in [2.24, 2.45) is 0 Å². The summed E-state index contributed by atoms with van der Waals surface area (Å²) in [5, 5.41) is 5.85. The van der Waals surface area contributed by atoms with Crippen LogP contribution in [0.15, 0.2) is 42.5 Å². The molecule has 0 radical (unpaired) electrons. The minimum Gasteiger partial charge on any atom is -0.384 e. The molecule has 0 aromatic heterocycles. The molecule has 2 aromatic rings. The molecular weight excluding hydrogens is 381 g/mol. The van der Waals surface area contributed by atoms with E-state index < -0.39 is 17.6 Å². The fourth-order valence-corrected chi connectivity index (χ4v) is 3.31. The Labute approximate surface area is 168 Å². The van der Waals surface area contributed by atoms with Gasteiger partial charge in [-0.25, -0.2) is 0 Å². The summed E-state index contributed by atoms with van der Waals surface area (Å²) in [6, 6.07) is 9.98. The molecule has 1 heterocycles. The van der Waals surface area contributed by atoms with E-state index in [1.165, 1.54) is 12.1 Å². The number of nitrogens with one attached hydrogen (secondary N) is 2. The van der Waals surface area contributed by atoms with Crippen LogP contribution in [0.5, 0.6) is 0 Å². The number of anilines is 3. The van der Waals surface area contributed by atoms with Crippen LogP contribution >= 0.6 is 0 Å². The number of halogens is 3. The van der Waals surface area contributed by atoms with Crippen LogP contribution in [0, 0.1) is 0 Å². The van der Waals surface area contributed by atoms with Crippen LogP contribution in [0.4, 0.5) is 30.2 Å². The molecule has 1 aliphatic heterocycles. The van der Waals surface area contributed by atoms with Crippen LogP contribution in [0.2, 0.25) is 0 Å². The maximum atomic E-state index is 12.9. The molecule has 156 valence electrons. The van der Waals surface area contributed by atoms with Gasteiger partial charge in [-0.05, 0) is 50.4 Å². The zero-order valence-corrected chi connectivity index (χ0v) is 16.5. The average Bonchev–Trinajstić information content (AvgIpc) is 2.68. The van der Waals surface area contributed by atoms with E-state index in [-0.39, 0.29) is 5.69 Å². The Morgan fingerprint density at radius 2 is 1.79 bits per heavy atom. The molecule has 0 aliphatic carbocycles. The summed E-state index contributed by atoms with van der Waals surface area (Å²) in [6.07, 6.45) is -4.46. The lowest BCUT2D eigenvalue weighted by Crippen LogP contribution is -2.44. The number of hydrogen-bond donors (Lipinski definition) is 2. The Bertz CT molecular complexity index is 861. The highest BCUT2D eigenvalue weighted by atomic mass is 19.4. The number of carbonyl (C=O) groups excluding carboxylic acids is 1. The van der Waals surface area contributed by atoms with Gasteiger partial charge < -0.3 is 20.4 Å². The molecule has 1 saturated heterocycles. The topological polar surface area (TPSA) is 47.6 Å². The number of rotatable bonds is 5. The Kier molecular flexibility index (Phi) is 6.32. The van der Waals surface area contributed by atoms with Crippen molar-refractivity contribution < 1.29 is 18.0 Å². The molecule has 1 aliphatic rings. The number of hydrogen-bond acceptors (Lipinski definition) is 4. The summed E-state index contributed by atoms with van der Waals surface area (Å²) in [5.41, 5.74) is 1.56. The fraction of sp³-hybridized carbons (Fsp3) is 0.381. The first kappa shape index (κ1) is 21.0. The van der Waals surface area contributed by atoms with Crippen LogP contribution < -0.4 is 15.5 Å². The first-order valence-electron chi connectivity index (χ1n) is 9.58. The molecule has 2 aromatic carbocycles. The number of piperazine rings is 1. The predicted octanol–water partition coefficient (Wildman–Crippen LogP) is 4.14. The van der Waals surface area contributed by atoms with Gasteiger partial charge in [0.1, 0.15) is 0 Å². The van der Waals surface area contributed by atoms with Crippen LogP contribution in [-0.4, -0.2) is 50.6 Å². The molecule has 2 N–H and O–H groups in total. The number of alkyl halides is 3. The summed E-state index contributed by atoms with van der Waals surface area (Å²) in [6.45, 7) is 6.38. The monoisotopic (exact) mass is 406 g/mol. The highest BCUT2D eigenvalue weighted by Crippen LogP contribution is 2.31. The number of nitrogens with zero attached hydrogens (tertiary/aromatic N) is 2. The van der Waals surface area contributed by atoms with Crippen molar-refractivity contribution in [1.82, 2.24) is 4.90 Å².